The van der Waals surface area contributed by atoms with Crippen molar-refractivity contribution in [1.29, 1.82) is 0 Å². The summed E-state index contributed by atoms with van der Waals surface area (Å²) in [5.41, 5.74) is 1.58. The molecule has 19 heavy (non-hydrogen) atoms. The minimum atomic E-state index is -0.745. The maximum Gasteiger partial charge on any atom is 0.441 e. The second-order valence-corrected chi connectivity index (χ2v) is 6.95. The van der Waals surface area contributed by atoms with E-state index in [2.05, 4.69) is 19.3 Å². The number of amides is 1. The molecule has 1 fully saturated rings. The van der Waals surface area contributed by atoms with E-state index in [0.717, 1.165) is 12.8 Å². The van der Waals surface area contributed by atoms with Crippen LogP contribution in [0.4, 0.5) is 4.79 Å². The first-order chi connectivity index (χ1) is 8.53. The van der Waals surface area contributed by atoms with Crippen LogP contribution in [0.5, 0.6) is 0 Å². The highest BCUT2D eigenvalue weighted by Gasteiger charge is 2.43. The van der Waals surface area contributed by atoms with Crippen molar-refractivity contribution in [2.24, 2.45) is 17.3 Å². The van der Waals surface area contributed by atoms with Gasteiger partial charge in [-0.2, -0.15) is 0 Å². The lowest BCUT2D eigenvalue weighted by Crippen LogP contribution is -2.36. The van der Waals surface area contributed by atoms with Crippen LogP contribution in [-0.4, -0.2) is 17.7 Å². The maximum atomic E-state index is 11.9. The van der Waals surface area contributed by atoms with E-state index in [1.54, 1.807) is 20.8 Å². The largest absolute Gasteiger partial charge is 0.442 e. The van der Waals surface area contributed by atoms with Crippen LogP contribution in [0.3, 0.4) is 0 Å². The third-order valence-electron chi connectivity index (χ3n) is 3.87. The number of nitrogens with one attached hydrogen (secondary N) is 1. The maximum absolute atomic E-state index is 11.9. The predicted molar refractivity (Wildman–Crippen MR) is 71.1 cm³/mol. The van der Waals surface area contributed by atoms with E-state index >= 15 is 0 Å². The van der Waals surface area contributed by atoms with Crippen molar-refractivity contribution in [3.8, 4) is 0 Å². The van der Waals surface area contributed by atoms with Gasteiger partial charge in [-0.3, -0.25) is 0 Å². The Morgan fingerprint density at radius 2 is 1.84 bits per heavy atom. The average Bonchev–Trinajstić information content (AvgIpc) is 2.49. The highest BCUT2D eigenvalue weighted by atomic mass is 16.7. The second-order valence-electron chi connectivity index (χ2n) is 6.95. The van der Waals surface area contributed by atoms with Gasteiger partial charge in [0, 0.05) is 0 Å². The van der Waals surface area contributed by atoms with Gasteiger partial charge in [-0.1, -0.05) is 20.8 Å². The molecule has 0 aromatic heterocycles. The molecular formula is C14H25NO4. The highest BCUT2D eigenvalue weighted by Crippen LogP contribution is 2.46. The molecule has 1 rings (SSSR count). The second kappa shape index (κ2) is 5.39. The molecule has 1 aliphatic carbocycles. The van der Waals surface area contributed by atoms with Crippen LogP contribution in [0.25, 0.3) is 0 Å². The quantitative estimate of drug-likeness (QED) is 0.744. The molecule has 2 atom stereocenters. The van der Waals surface area contributed by atoms with Crippen molar-refractivity contribution < 1.29 is 19.2 Å². The summed E-state index contributed by atoms with van der Waals surface area (Å²) in [5, 5.41) is 0. The molecule has 0 aromatic carbocycles. The fraction of sp³-hybridized carbons (Fsp3) is 0.857. The lowest BCUT2D eigenvalue weighted by molar-refractivity contribution is -0.157. The van der Waals surface area contributed by atoms with E-state index in [9.17, 15) is 9.59 Å². The van der Waals surface area contributed by atoms with Gasteiger partial charge in [-0.15, -0.1) is 5.48 Å². The van der Waals surface area contributed by atoms with Crippen LogP contribution in [0.2, 0.25) is 0 Å². The minimum absolute atomic E-state index is 0.135. The fourth-order valence-corrected chi connectivity index (χ4v) is 2.34. The van der Waals surface area contributed by atoms with Crippen molar-refractivity contribution in [2.45, 2.75) is 60.0 Å². The topological polar surface area (TPSA) is 64.6 Å². The first-order valence-electron chi connectivity index (χ1n) is 6.72. The van der Waals surface area contributed by atoms with Crippen LogP contribution >= 0.6 is 0 Å². The molecule has 0 radical (unpaired) electrons. The van der Waals surface area contributed by atoms with Gasteiger partial charge in [0.15, 0.2) is 0 Å². The van der Waals surface area contributed by atoms with E-state index in [1.807, 2.05) is 6.92 Å². The molecule has 2 unspecified atom stereocenters. The Balaban J connectivity index is 2.43. The van der Waals surface area contributed by atoms with Gasteiger partial charge < -0.3 is 9.57 Å². The van der Waals surface area contributed by atoms with E-state index in [-0.39, 0.29) is 23.2 Å². The molecule has 110 valence electrons. The summed E-state index contributed by atoms with van der Waals surface area (Å²) < 4.78 is 4.99. The first-order valence-corrected chi connectivity index (χ1v) is 6.72. The molecule has 0 heterocycles. The zero-order chi connectivity index (χ0) is 14.8. The molecule has 5 nitrogen and oxygen atoms in total. The van der Waals surface area contributed by atoms with Gasteiger partial charge in [0.1, 0.15) is 5.60 Å². The molecule has 5 heteroatoms. The number of hydroxylamine groups is 1. The predicted octanol–water partition coefficient (Wildman–Crippen LogP) is 3.04. The summed E-state index contributed by atoms with van der Waals surface area (Å²) in [4.78, 5) is 28.1. The number of rotatable bonds is 1. The Morgan fingerprint density at radius 3 is 2.26 bits per heavy atom. The lowest BCUT2D eigenvalue weighted by Gasteiger charge is -2.26. The molecule has 0 bridgehead atoms. The van der Waals surface area contributed by atoms with Gasteiger partial charge in [-0.05, 0) is 44.9 Å². The third-order valence-corrected chi connectivity index (χ3v) is 3.87. The van der Waals surface area contributed by atoms with Gasteiger partial charge >= 0.3 is 12.1 Å². The fourth-order valence-electron chi connectivity index (χ4n) is 2.34. The number of carbonyl (C=O) groups is 2. The van der Waals surface area contributed by atoms with E-state index in [0.29, 0.717) is 0 Å². The number of hydrogen-bond donors (Lipinski definition) is 1. The van der Waals surface area contributed by atoms with Crippen LogP contribution in [0, 0.1) is 17.3 Å². The third kappa shape index (κ3) is 4.40. The molecular weight excluding hydrogens is 246 g/mol. The molecule has 1 amide bonds. The van der Waals surface area contributed by atoms with E-state index in [1.165, 1.54) is 0 Å². The van der Waals surface area contributed by atoms with Crippen LogP contribution in [-0.2, 0) is 14.4 Å². The van der Waals surface area contributed by atoms with E-state index < -0.39 is 11.7 Å². The van der Waals surface area contributed by atoms with Crippen molar-refractivity contribution in [3.05, 3.63) is 0 Å². The van der Waals surface area contributed by atoms with E-state index in [4.69, 9.17) is 9.57 Å². The number of ether oxygens (including phenoxy) is 1. The Bertz CT molecular complexity index is 357. The highest BCUT2D eigenvalue weighted by molar-refractivity contribution is 5.75. The van der Waals surface area contributed by atoms with Gasteiger partial charge in [0.05, 0.1) is 5.92 Å². The van der Waals surface area contributed by atoms with Gasteiger partial charge in [0.25, 0.3) is 0 Å². The zero-order valence-electron chi connectivity index (χ0n) is 12.7. The van der Waals surface area contributed by atoms with Crippen molar-refractivity contribution in [3.63, 3.8) is 0 Å². The van der Waals surface area contributed by atoms with Crippen molar-refractivity contribution in [1.82, 2.24) is 5.48 Å². The first kappa shape index (κ1) is 15.8. The van der Waals surface area contributed by atoms with Crippen LogP contribution in [0.1, 0.15) is 54.4 Å². The van der Waals surface area contributed by atoms with Crippen LogP contribution in [0.15, 0.2) is 0 Å². The summed E-state index contributed by atoms with van der Waals surface area (Å²) >= 11 is 0. The summed E-state index contributed by atoms with van der Waals surface area (Å²) in [6.07, 6.45) is 1.04. The smallest absolute Gasteiger partial charge is 0.441 e. The standard InChI is InChI=1S/C14H25NO4/c1-9-10(7-8-14(9,5)6)11(16)19-15-12(17)18-13(2,3)4/h9-10H,7-8H2,1-6H3,(H,15,17). The SMILES string of the molecule is CC1C(C(=O)ONC(=O)OC(C)(C)C)CCC1(C)C. The molecule has 1 N–H and O–H groups in total. The van der Waals surface area contributed by atoms with Crippen molar-refractivity contribution in [2.75, 3.05) is 0 Å². The Morgan fingerprint density at radius 1 is 1.26 bits per heavy atom. The Hall–Kier alpha value is -1.26. The Kier molecular flexibility index (Phi) is 4.48. The Labute approximate surface area is 115 Å². The molecule has 0 aromatic rings. The van der Waals surface area contributed by atoms with Crippen LogP contribution < -0.4 is 5.48 Å². The zero-order valence-corrected chi connectivity index (χ0v) is 12.7. The molecule has 1 saturated carbocycles. The number of carbonyl (C=O) groups excluding carboxylic acids is 2. The monoisotopic (exact) mass is 271 g/mol. The molecule has 0 saturated heterocycles. The molecule has 0 aliphatic heterocycles. The summed E-state index contributed by atoms with van der Waals surface area (Å²) in [6, 6.07) is 0. The molecule has 0 spiro atoms. The summed E-state index contributed by atoms with van der Waals surface area (Å²) in [7, 11) is 0. The minimum Gasteiger partial charge on any atom is -0.442 e. The van der Waals surface area contributed by atoms with Crippen molar-refractivity contribution >= 4 is 12.1 Å². The number of hydrogen-bond acceptors (Lipinski definition) is 4. The van der Waals surface area contributed by atoms with Gasteiger partial charge in [-0.25, -0.2) is 9.59 Å². The molecule has 1 aliphatic rings. The average molecular weight is 271 g/mol. The summed E-state index contributed by atoms with van der Waals surface area (Å²) in [5.74, 6) is -0.311. The lowest BCUT2D eigenvalue weighted by atomic mass is 9.80. The normalized spacial score (nSPS) is 25.8. The van der Waals surface area contributed by atoms with Gasteiger partial charge in [0.2, 0.25) is 0 Å². The summed E-state index contributed by atoms with van der Waals surface area (Å²) in [6.45, 7) is 11.6.